The van der Waals surface area contributed by atoms with E-state index in [1.54, 1.807) is 32.3 Å². The highest BCUT2D eigenvalue weighted by Crippen LogP contribution is 2.61. The van der Waals surface area contributed by atoms with E-state index in [0.717, 1.165) is 38.3 Å². The fourth-order valence-corrected chi connectivity index (χ4v) is 5.49. The van der Waals surface area contributed by atoms with Crippen LogP contribution in [0.5, 0.6) is 0 Å². The van der Waals surface area contributed by atoms with Gasteiger partial charge in [0.05, 0.1) is 48.3 Å². The Morgan fingerprint density at radius 3 is 2.53 bits per heavy atom. The van der Waals surface area contributed by atoms with Crippen LogP contribution in [0.3, 0.4) is 0 Å². The molecule has 5 rings (SSSR count). The van der Waals surface area contributed by atoms with Gasteiger partial charge in [0.25, 0.3) is 5.91 Å². The summed E-state index contributed by atoms with van der Waals surface area (Å²) in [5, 5.41) is 12.5. The zero-order valence-corrected chi connectivity index (χ0v) is 21.3. The van der Waals surface area contributed by atoms with E-state index >= 15 is 0 Å². The Morgan fingerprint density at radius 2 is 1.92 bits per heavy atom. The zero-order valence-electron chi connectivity index (χ0n) is 20.5. The van der Waals surface area contributed by atoms with Crippen LogP contribution in [-0.4, -0.2) is 59.4 Å². The number of piperidine rings is 1. The lowest BCUT2D eigenvalue weighted by molar-refractivity contribution is -0.216. The number of hydrogen-bond acceptors (Lipinski definition) is 7. The zero-order chi connectivity index (χ0) is 25.5. The molecule has 1 spiro atoms. The quantitative estimate of drug-likeness (QED) is 0.601. The monoisotopic (exact) mass is 518 g/mol. The third-order valence-electron chi connectivity index (χ3n) is 7.65. The van der Waals surface area contributed by atoms with Crippen molar-refractivity contribution in [2.45, 2.75) is 44.9 Å². The van der Waals surface area contributed by atoms with Gasteiger partial charge >= 0.3 is 0 Å². The Hall–Kier alpha value is -2.33. The molecule has 8 nitrogen and oxygen atoms in total. The summed E-state index contributed by atoms with van der Waals surface area (Å²) in [6, 6.07) is 4.39. The van der Waals surface area contributed by atoms with Gasteiger partial charge in [-0.15, -0.1) is 0 Å². The Morgan fingerprint density at radius 1 is 1.25 bits per heavy atom. The van der Waals surface area contributed by atoms with Crippen molar-refractivity contribution in [3.05, 3.63) is 52.6 Å². The fraction of sp³-hybridized carbons (Fsp3) is 0.577. The van der Waals surface area contributed by atoms with Gasteiger partial charge in [0.15, 0.2) is 6.29 Å². The van der Waals surface area contributed by atoms with E-state index in [-0.39, 0.29) is 17.6 Å². The molecule has 2 saturated heterocycles. The highest BCUT2D eigenvalue weighted by Gasteiger charge is 2.59. The molecule has 1 aromatic heterocycles. The lowest BCUT2D eigenvalue weighted by Gasteiger charge is -2.35. The molecule has 2 N–H and O–H groups in total. The second-order valence-electron chi connectivity index (χ2n) is 10.9. The van der Waals surface area contributed by atoms with Crippen LogP contribution in [0, 0.1) is 23.1 Å². The van der Waals surface area contributed by atoms with E-state index in [9.17, 15) is 14.3 Å². The number of halogens is 2. The lowest BCUT2D eigenvalue weighted by atomic mass is 9.87. The summed E-state index contributed by atoms with van der Waals surface area (Å²) in [5.41, 5.74) is -0.333. The van der Waals surface area contributed by atoms with Crippen LogP contribution in [0.1, 0.15) is 55.3 Å². The van der Waals surface area contributed by atoms with Gasteiger partial charge < -0.3 is 24.8 Å². The highest BCUT2D eigenvalue weighted by atomic mass is 35.5. The van der Waals surface area contributed by atoms with E-state index in [2.05, 4.69) is 20.2 Å². The predicted molar refractivity (Wildman–Crippen MR) is 132 cm³/mol. The first kappa shape index (κ1) is 25.3. The topological polar surface area (TPSA) is 96.8 Å². The average Bonchev–Trinajstić information content (AvgIpc) is 3.57. The average molecular weight is 519 g/mol. The molecule has 1 amide bonds. The Kier molecular flexibility index (Phi) is 6.93. The molecule has 0 unspecified atom stereocenters. The van der Waals surface area contributed by atoms with Crippen LogP contribution in [0.2, 0.25) is 5.02 Å². The molecule has 3 heterocycles. The van der Waals surface area contributed by atoms with Crippen molar-refractivity contribution in [1.29, 1.82) is 0 Å². The summed E-state index contributed by atoms with van der Waals surface area (Å²) in [5.74, 6) is 0.674. The number of carbonyl (C=O) groups excluding carboxylic acids is 1. The Bertz CT molecular complexity index is 1100. The van der Waals surface area contributed by atoms with Crippen molar-refractivity contribution in [2.75, 3.05) is 37.8 Å². The summed E-state index contributed by atoms with van der Waals surface area (Å²) in [7, 11) is 0. The van der Waals surface area contributed by atoms with Gasteiger partial charge in [-0.2, -0.15) is 0 Å². The number of anilines is 1. The van der Waals surface area contributed by atoms with E-state index in [1.165, 1.54) is 12.1 Å². The Labute approximate surface area is 215 Å². The molecule has 10 heteroatoms. The molecule has 1 aromatic carbocycles. The maximum Gasteiger partial charge on any atom is 0.254 e. The third kappa shape index (κ3) is 5.20. The van der Waals surface area contributed by atoms with Crippen LogP contribution in [-0.2, 0) is 9.47 Å². The normalized spacial score (nSPS) is 26.8. The number of nitrogens with one attached hydrogen (secondary N) is 1. The van der Waals surface area contributed by atoms with Gasteiger partial charge in [-0.25, -0.2) is 14.4 Å². The van der Waals surface area contributed by atoms with Crippen LogP contribution < -0.4 is 10.2 Å². The molecule has 2 aliphatic heterocycles. The second-order valence-corrected chi connectivity index (χ2v) is 11.3. The first-order valence-electron chi connectivity index (χ1n) is 12.4. The molecule has 1 saturated carbocycles. The summed E-state index contributed by atoms with van der Waals surface area (Å²) in [6.45, 7) is 6.07. The van der Waals surface area contributed by atoms with Crippen molar-refractivity contribution in [3.63, 3.8) is 0 Å². The predicted octanol–water partition coefficient (Wildman–Crippen LogP) is 3.74. The molecule has 1 atom stereocenters. The van der Waals surface area contributed by atoms with Gasteiger partial charge in [0.2, 0.25) is 5.95 Å². The number of amides is 1. The van der Waals surface area contributed by atoms with Crippen molar-refractivity contribution < 1.29 is 23.8 Å². The number of ether oxygens (including phenoxy) is 2. The minimum atomic E-state index is -0.840. The summed E-state index contributed by atoms with van der Waals surface area (Å²) in [4.78, 5) is 23.3. The molecule has 194 valence electrons. The maximum atomic E-state index is 14.7. The molecule has 1 aliphatic carbocycles. The van der Waals surface area contributed by atoms with Crippen molar-refractivity contribution >= 4 is 23.5 Å². The number of rotatable bonds is 6. The molecule has 3 fully saturated rings. The van der Waals surface area contributed by atoms with Crippen LogP contribution >= 0.6 is 11.6 Å². The van der Waals surface area contributed by atoms with E-state index < -0.39 is 23.6 Å². The first-order valence-corrected chi connectivity index (χ1v) is 12.8. The minimum absolute atomic E-state index is 0.0361. The molecule has 36 heavy (non-hydrogen) atoms. The molecular weight excluding hydrogens is 487 g/mol. The van der Waals surface area contributed by atoms with Crippen molar-refractivity contribution in [1.82, 2.24) is 15.3 Å². The number of carbonyl (C=O) groups is 1. The van der Waals surface area contributed by atoms with Crippen molar-refractivity contribution in [3.8, 4) is 0 Å². The van der Waals surface area contributed by atoms with Crippen molar-refractivity contribution in [2.24, 2.45) is 17.3 Å². The number of aliphatic hydroxyl groups is 1. The summed E-state index contributed by atoms with van der Waals surface area (Å²) < 4.78 is 26.8. The summed E-state index contributed by atoms with van der Waals surface area (Å²) >= 11 is 5.90. The Balaban J connectivity index is 1.13. The van der Waals surface area contributed by atoms with E-state index in [0.29, 0.717) is 35.6 Å². The van der Waals surface area contributed by atoms with Gasteiger partial charge in [-0.1, -0.05) is 17.7 Å². The largest absolute Gasteiger partial charge is 0.394 e. The smallest absolute Gasteiger partial charge is 0.254 e. The highest BCUT2D eigenvalue weighted by molar-refractivity contribution is 6.30. The number of benzene rings is 1. The molecular formula is C26H32ClFN4O4. The summed E-state index contributed by atoms with van der Waals surface area (Å²) in [6.07, 6.45) is 5.83. The van der Waals surface area contributed by atoms with Gasteiger partial charge in [-0.05, 0) is 57.1 Å². The SMILES string of the molecule is CC(C)(CO)NC(=O)c1ccc([C@H]2OC[C@]3(CO2)C[C@@H]3C2CCN(c3ncc(Cl)cn3)CC2)cc1F. The molecule has 0 bridgehead atoms. The van der Waals surface area contributed by atoms with Gasteiger partial charge in [-0.3, -0.25) is 4.79 Å². The van der Waals surface area contributed by atoms with Gasteiger partial charge in [0.1, 0.15) is 5.82 Å². The van der Waals surface area contributed by atoms with Crippen LogP contribution in [0.15, 0.2) is 30.6 Å². The first-order chi connectivity index (χ1) is 17.2. The third-order valence-corrected chi connectivity index (χ3v) is 7.85. The van der Waals surface area contributed by atoms with Crippen LogP contribution in [0.4, 0.5) is 10.3 Å². The maximum absolute atomic E-state index is 14.7. The van der Waals surface area contributed by atoms with E-state index in [1.807, 2.05) is 0 Å². The van der Waals surface area contributed by atoms with E-state index in [4.69, 9.17) is 21.1 Å². The van der Waals surface area contributed by atoms with Crippen LogP contribution in [0.25, 0.3) is 0 Å². The standard InChI is InChI=1S/C26H32ClFN4O4/c1-25(2,13-33)31-22(34)19-4-3-17(9-21(19)28)23-35-14-26(15-36-23)10-20(26)16-5-7-32(8-6-16)24-29-11-18(27)12-30-24/h3-4,9,11-12,16,20,23,33H,5-8,10,13-15H2,1-2H3,(H,31,34)/t20-,23-,26-/m1/s1. The number of aromatic nitrogens is 2. The molecule has 2 aromatic rings. The number of hydrogen-bond donors (Lipinski definition) is 2. The second kappa shape index (κ2) is 9.85. The molecule has 0 radical (unpaired) electrons. The number of nitrogens with zero attached hydrogens (tertiary/aromatic N) is 3. The van der Waals surface area contributed by atoms with Gasteiger partial charge in [0, 0.05) is 24.1 Å². The minimum Gasteiger partial charge on any atom is -0.394 e. The lowest BCUT2D eigenvalue weighted by Crippen LogP contribution is -2.46. The molecule has 3 aliphatic rings. The number of aliphatic hydroxyl groups excluding tert-OH is 1. The fourth-order valence-electron chi connectivity index (χ4n) is 5.39.